The number of carbonyl (C=O) groups excluding carboxylic acids is 2. The van der Waals surface area contributed by atoms with Crippen molar-refractivity contribution in [2.24, 2.45) is 0 Å². The molecule has 0 saturated carbocycles. The average molecular weight is 357 g/mol. The van der Waals surface area contributed by atoms with Crippen molar-refractivity contribution >= 4 is 29.4 Å². The summed E-state index contributed by atoms with van der Waals surface area (Å²) in [6.07, 6.45) is 1.45. The molecule has 1 N–H and O–H groups in total. The van der Waals surface area contributed by atoms with E-state index in [4.69, 9.17) is 16.3 Å². The third-order valence-corrected chi connectivity index (χ3v) is 3.84. The van der Waals surface area contributed by atoms with Gasteiger partial charge in [0.1, 0.15) is 11.6 Å². The van der Waals surface area contributed by atoms with Crippen LogP contribution in [0.1, 0.15) is 44.6 Å². The molecular weight excluding hydrogens is 340 g/mol. The molecule has 25 heavy (non-hydrogen) atoms. The highest BCUT2D eigenvalue weighted by Gasteiger charge is 2.27. The van der Waals surface area contributed by atoms with Crippen LogP contribution in [0.15, 0.2) is 29.8 Å². The van der Waals surface area contributed by atoms with E-state index >= 15 is 0 Å². The molecule has 1 aromatic carbocycles. The maximum Gasteiger partial charge on any atom is 0.340 e. The lowest BCUT2D eigenvalue weighted by molar-refractivity contribution is 0.0523. The highest BCUT2D eigenvalue weighted by atomic mass is 35.5. The minimum Gasteiger partial charge on any atom is -0.462 e. The van der Waals surface area contributed by atoms with Gasteiger partial charge in [0.05, 0.1) is 17.7 Å². The first-order chi connectivity index (χ1) is 11.9. The molecule has 6 heteroatoms. The Morgan fingerprint density at radius 2 is 1.96 bits per heavy atom. The van der Waals surface area contributed by atoms with Gasteiger partial charge in [-0.2, -0.15) is 5.26 Å². The van der Waals surface area contributed by atoms with E-state index in [0.717, 1.165) is 0 Å². The molecule has 0 aliphatic heterocycles. The molecule has 0 radical (unpaired) electrons. The van der Waals surface area contributed by atoms with E-state index in [-0.39, 0.29) is 23.3 Å². The van der Waals surface area contributed by atoms with Crippen molar-refractivity contribution in [3.63, 3.8) is 0 Å². The van der Waals surface area contributed by atoms with Crippen molar-refractivity contribution in [1.82, 2.24) is 4.98 Å². The number of nitrogens with one attached hydrogen (secondary N) is 1. The van der Waals surface area contributed by atoms with Gasteiger partial charge >= 0.3 is 5.97 Å². The van der Waals surface area contributed by atoms with Crippen LogP contribution >= 0.6 is 11.6 Å². The Morgan fingerprint density at radius 1 is 1.28 bits per heavy atom. The SMILES string of the molecule is CCOC(=O)c1c(C)[nH]c(C)c1C(=O)/C(C#N)=C/c1cccc(Cl)c1. The fourth-order valence-corrected chi connectivity index (χ4v) is 2.77. The van der Waals surface area contributed by atoms with Crippen LogP contribution in [0.25, 0.3) is 6.08 Å². The Hall–Kier alpha value is -2.84. The van der Waals surface area contributed by atoms with Gasteiger partial charge in [-0.1, -0.05) is 23.7 Å². The third-order valence-electron chi connectivity index (χ3n) is 3.61. The van der Waals surface area contributed by atoms with Gasteiger partial charge in [0.2, 0.25) is 5.78 Å². The molecule has 2 rings (SSSR count). The molecule has 0 bridgehead atoms. The number of ketones is 1. The Bertz CT molecular complexity index is 904. The average Bonchev–Trinajstić information content (AvgIpc) is 2.86. The van der Waals surface area contributed by atoms with E-state index in [1.54, 1.807) is 45.0 Å². The molecule has 0 fully saturated rings. The fraction of sp³-hybridized carbons (Fsp3) is 0.211. The standard InChI is InChI=1S/C19H17ClN2O3/c1-4-25-19(24)17-12(3)22-11(2)16(17)18(23)14(10-21)8-13-6-5-7-15(20)9-13/h5-9,22H,4H2,1-3H3/b14-8+. The summed E-state index contributed by atoms with van der Waals surface area (Å²) in [5.41, 5.74) is 1.90. The van der Waals surface area contributed by atoms with Gasteiger partial charge in [0, 0.05) is 16.4 Å². The molecular formula is C19H17ClN2O3. The predicted molar refractivity (Wildman–Crippen MR) is 95.6 cm³/mol. The van der Waals surface area contributed by atoms with Crippen LogP contribution in [0.4, 0.5) is 0 Å². The van der Waals surface area contributed by atoms with Gasteiger partial charge in [0.15, 0.2) is 0 Å². The van der Waals surface area contributed by atoms with E-state index in [2.05, 4.69) is 4.98 Å². The highest BCUT2D eigenvalue weighted by Crippen LogP contribution is 2.24. The second-order valence-corrected chi connectivity index (χ2v) is 5.84. The number of rotatable bonds is 5. The Balaban J connectivity index is 2.52. The molecule has 1 heterocycles. The first-order valence-electron chi connectivity index (χ1n) is 7.67. The van der Waals surface area contributed by atoms with E-state index in [1.165, 1.54) is 6.08 Å². The fourth-order valence-electron chi connectivity index (χ4n) is 2.57. The maximum absolute atomic E-state index is 12.9. The zero-order valence-corrected chi connectivity index (χ0v) is 14.9. The maximum atomic E-state index is 12.9. The van der Waals surface area contributed by atoms with Crippen LogP contribution in [0.5, 0.6) is 0 Å². The molecule has 2 aromatic rings. The number of Topliss-reactive ketones (excluding diaryl/α,β-unsaturated/α-hetero) is 1. The molecule has 0 aliphatic carbocycles. The summed E-state index contributed by atoms with van der Waals surface area (Å²) < 4.78 is 5.03. The van der Waals surface area contributed by atoms with Gasteiger partial charge < -0.3 is 9.72 Å². The number of hydrogen-bond acceptors (Lipinski definition) is 4. The second kappa shape index (κ2) is 7.82. The van der Waals surface area contributed by atoms with E-state index in [9.17, 15) is 14.9 Å². The van der Waals surface area contributed by atoms with Crippen LogP contribution in [0, 0.1) is 25.2 Å². The summed E-state index contributed by atoms with van der Waals surface area (Å²) in [6, 6.07) is 8.71. The van der Waals surface area contributed by atoms with Gasteiger partial charge in [-0.05, 0) is 44.5 Å². The molecule has 0 saturated heterocycles. The van der Waals surface area contributed by atoms with Crippen LogP contribution in [-0.4, -0.2) is 23.3 Å². The molecule has 1 aromatic heterocycles. The number of H-pyrrole nitrogens is 1. The number of carbonyl (C=O) groups is 2. The smallest absolute Gasteiger partial charge is 0.340 e. The first kappa shape index (κ1) is 18.5. The van der Waals surface area contributed by atoms with Gasteiger partial charge in [-0.25, -0.2) is 4.79 Å². The Morgan fingerprint density at radius 3 is 2.56 bits per heavy atom. The number of ether oxygens (including phenoxy) is 1. The summed E-state index contributed by atoms with van der Waals surface area (Å²) in [6.45, 7) is 5.24. The summed E-state index contributed by atoms with van der Waals surface area (Å²) in [5.74, 6) is -1.12. The number of esters is 1. The van der Waals surface area contributed by atoms with Crippen LogP contribution in [0.3, 0.4) is 0 Å². The summed E-state index contributed by atoms with van der Waals surface area (Å²) in [7, 11) is 0. The molecule has 128 valence electrons. The van der Waals surface area contributed by atoms with E-state index in [0.29, 0.717) is 22.0 Å². The molecule has 0 atom stereocenters. The molecule has 0 spiro atoms. The lowest BCUT2D eigenvalue weighted by atomic mass is 9.98. The minimum absolute atomic E-state index is 0.0880. The van der Waals surface area contributed by atoms with Gasteiger partial charge in [0.25, 0.3) is 0 Å². The predicted octanol–water partition coefficient (Wildman–Crippen LogP) is 4.25. The summed E-state index contributed by atoms with van der Waals surface area (Å²) in [5, 5.41) is 9.92. The third kappa shape index (κ3) is 3.98. The largest absolute Gasteiger partial charge is 0.462 e. The molecule has 5 nitrogen and oxygen atoms in total. The minimum atomic E-state index is -0.590. The highest BCUT2D eigenvalue weighted by molar-refractivity contribution is 6.30. The lowest BCUT2D eigenvalue weighted by Crippen LogP contribution is -2.13. The molecule has 0 aliphatic rings. The van der Waals surface area contributed by atoms with Crippen molar-refractivity contribution in [2.75, 3.05) is 6.61 Å². The number of aryl methyl sites for hydroxylation is 2. The number of benzene rings is 1. The normalized spacial score (nSPS) is 11.1. The zero-order valence-electron chi connectivity index (χ0n) is 14.1. The van der Waals surface area contributed by atoms with Crippen molar-refractivity contribution < 1.29 is 14.3 Å². The molecule has 0 amide bonds. The quantitative estimate of drug-likeness (QED) is 0.375. The number of halogens is 1. The van der Waals surface area contributed by atoms with E-state index < -0.39 is 11.8 Å². The van der Waals surface area contributed by atoms with Gasteiger partial charge in [-0.15, -0.1) is 0 Å². The van der Waals surface area contributed by atoms with Crippen molar-refractivity contribution in [3.8, 4) is 6.07 Å². The number of nitriles is 1. The Labute approximate surface area is 150 Å². The van der Waals surface area contributed by atoms with Crippen molar-refractivity contribution in [1.29, 1.82) is 5.26 Å². The second-order valence-electron chi connectivity index (χ2n) is 5.40. The van der Waals surface area contributed by atoms with Crippen LogP contribution < -0.4 is 0 Å². The number of hydrogen-bond donors (Lipinski definition) is 1. The van der Waals surface area contributed by atoms with Crippen LogP contribution in [0.2, 0.25) is 5.02 Å². The monoisotopic (exact) mass is 356 g/mol. The van der Waals surface area contributed by atoms with E-state index in [1.807, 2.05) is 6.07 Å². The number of nitrogens with zero attached hydrogens (tertiary/aromatic N) is 1. The summed E-state index contributed by atoms with van der Waals surface area (Å²) in [4.78, 5) is 28.0. The number of aromatic nitrogens is 1. The molecule has 0 unspecified atom stereocenters. The zero-order chi connectivity index (χ0) is 18.6. The number of aromatic amines is 1. The summed E-state index contributed by atoms with van der Waals surface area (Å²) >= 11 is 5.93. The Kier molecular flexibility index (Phi) is 5.79. The van der Waals surface area contributed by atoms with Crippen molar-refractivity contribution in [3.05, 3.63) is 62.9 Å². The van der Waals surface area contributed by atoms with Gasteiger partial charge in [-0.3, -0.25) is 4.79 Å². The van der Waals surface area contributed by atoms with Crippen molar-refractivity contribution in [2.45, 2.75) is 20.8 Å². The first-order valence-corrected chi connectivity index (χ1v) is 8.05. The lowest BCUT2D eigenvalue weighted by Gasteiger charge is -2.05. The topological polar surface area (TPSA) is 83.0 Å². The number of allylic oxidation sites excluding steroid dienone is 1. The van der Waals surface area contributed by atoms with Crippen LogP contribution in [-0.2, 0) is 4.74 Å².